The second-order valence-electron chi connectivity index (χ2n) is 6.61. The van der Waals surface area contributed by atoms with E-state index in [1.165, 1.54) is 0 Å². The molecule has 0 spiro atoms. The fraction of sp³-hybridized carbons (Fsp3) is 0.412. The summed E-state index contributed by atoms with van der Waals surface area (Å²) in [6, 6.07) is 8.38. The smallest absolute Gasteiger partial charge is 0.399 e. The van der Waals surface area contributed by atoms with Crippen LogP contribution in [0.15, 0.2) is 48.7 Å². The third kappa shape index (κ3) is 2.66. The molecule has 1 saturated heterocycles. The van der Waals surface area contributed by atoms with Gasteiger partial charge in [-0.25, -0.2) is 0 Å². The van der Waals surface area contributed by atoms with Crippen molar-refractivity contribution in [3.8, 4) is 0 Å². The van der Waals surface area contributed by atoms with Crippen LogP contribution in [0.25, 0.3) is 0 Å². The summed E-state index contributed by atoms with van der Waals surface area (Å²) in [7, 11) is -0.306. The summed E-state index contributed by atoms with van der Waals surface area (Å²) >= 11 is 0. The molecule has 110 valence electrons. The van der Waals surface area contributed by atoms with Crippen molar-refractivity contribution in [1.29, 1.82) is 0 Å². The van der Waals surface area contributed by atoms with Gasteiger partial charge in [-0.05, 0) is 51.4 Å². The van der Waals surface area contributed by atoms with Crippen molar-refractivity contribution in [3.05, 3.63) is 48.7 Å². The van der Waals surface area contributed by atoms with E-state index < -0.39 is 0 Å². The Bertz CT molecular complexity index is 576. The van der Waals surface area contributed by atoms with E-state index in [0.717, 1.165) is 17.7 Å². The number of allylic oxidation sites excluding steroid dienone is 2. The first kappa shape index (κ1) is 14.4. The zero-order valence-corrected chi connectivity index (χ0v) is 13.2. The van der Waals surface area contributed by atoms with Gasteiger partial charge in [0.25, 0.3) is 0 Å². The zero-order chi connectivity index (χ0) is 15.1. The maximum atomic E-state index is 6.12. The molecule has 21 heavy (non-hydrogen) atoms. The van der Waals surface area contributed by atoms with E-state index in [9.17, 15) is 0 Å². The number of rotatable bonds is 2. The molecule has 0 unspecified atom stereocenters. The first-order chi connectivity index (χ1) is 9.89. The highest BCUT2D eigenvalue weighted by Crippen LogP contribution is 2.36. The average molecular weight is 283 g/mol. The molecule has 2 aliphatic heterocycles. The number of nitrogens with zero attached hydrogens (tertiary/aromatic N) is 1. The van der Waals surface area contributed by atoms with E-state index >= 15 is 0 Å². The summed E-state index contributed by atoms with van der Waals surface area (Å²) in [5.74, 6) is 0. The van der Waals surface area contributed by atoms with Crippen molar-refractivity contribution in [2.45, 2.75) is 38.9 Å². The summed E-state index contributed by atoms with van der Waals surface area (Å²) in [5, 5.41) is 0. The molecule has 4 heteroatoms. The Kier molecular flexibility index (Phi) is 3.46. The van der Waals surface area contributed by atoms with Crippen molar-refractivity contribution >= 4 is 18.3 Å². The van der Waals surface area contributed by atoms with E-state index in [0.29, 0.717) is 0 Å². The first-order valence-electron chi connectivity index (χ1n) is 7.45. The first-order valence-corrected chi connectivity index (χ1v) is 7.45. The molecule has 1 aromatic carbocycles. The Balaban J connectivity index is 1.84. The van der Waals surface area contributed by atoms with Crippen LogP contribution in [-0.2, 0) is 9.31 Å². The lowest BCUT2D eigenvalue weighted by Gasteiger charge is -2.32. The van der Waals surface area contributed by atoms with Gasteiger partial charge in [-0.3, -0.25) is 0 Å². The lowest BCUT2D eigenvalue weighted by Crippen LogP contribution is -2.41. The summed E-state index contributed by atoms with van der Waals surface area (Å²) in [6.45, 7) is 9.21. The summed E-state index contributed by atoms with van der Waals surface area (Å²) in [4.78, 5) is 2.20. The monoisotopic (exact) mass is 283 g/mol. The SMILES string of the molecule is CC1(C)OB(c2cccc(N3C=CC=CC3)c2)OC1(C)C. The third-order valence-corrected chi connectivity index (χ3v) is 4.54. The maximum absolute atomic E-state index is 6.12. The van der Waals surface area contributed by atoms with E-state index in [4.69, 9.17) is 9.31 Å². The van der Waals surface area contributed by atoms with Crippen molar-refractivity contribution in [2.24, 2.45) is 0 Å². The van der Waals surface area contributed by atoms with Gasteiger partial charge in [0, 0.05) is 18.4 Å². The van der Waals surface area contributed by atoms with Gasteiger partial charge in [0.05, 0.1) is 11.2 Å². The van der Waals surface area contributed by atoms with Crippen LogP contribution in [0.4, 0.5) is 5.69 Å². The van der Waals surface area contributed by atoms with Gasteiger partial charge in [-0.1, -0.05) is 24.3 Å². The third-order valence-electron chi connectivity index (χ3n) is 4.54. The second-order valence-corrected chi connectivity index (χ2v) is 6.61. The quantitative estimate of drug-likeness (QED) is 0.779. The fourth-order valence-corrected chi connectivity index (χ4v) is 2.49. The highest BCUT2D eigenvalue weighted by Gasteiger charge is 2.51. The number of benzene rings is 1. The van der Waals surface area contributed by atoms with Crippen LogP contribution >= 0.6 is 0 Å². The van der Waals surface area contributed by atoms with Gasteiger partial charge in [0.1, 0.15) is 0 Å². The normalized spacial score (nSPS) is 22.9. The highest BCUT2D eigenvalue weighted by atomic mass is 16.7. The molecular formula is C17H22BNO2. The van der Waals surface area contributed by atoms with E-state index in [1.807, 2.05) is 6.08 Å². The van der Waals surface area contributed by atoms with E-state index in [-0.39, 0.29) is 18.3 Å². The zero-order valence-electron chi connectivity index (χ0n) is 13.2. The van der Waals surface area contributed by atoms with Gasteiger partial charge in [0.15, 0.2) is 0 Å². The van der Waals surface area contributed by atoms with Crippen LogP contribution in [0.5, 0.6) is 0 Å². The minimum Gasteiger partial charge on any atom is -0.399 e. The van der Waals surface area contributed by atoms with Crippen LogP contribution < -0.4 is 10.4 Å². The molecule has 2 aliphatic rings. The molecule has 0 amide bonds. The molecule has 0 N–H and O–H groups in total. The molecule has 3 rings (SSSR count). The molecule has 3 nitrogen and oxygen atoms in total. The molecule has 0 radical (unpaired) electrons. The standard InChI is InChI=1S/C17H22BNO2/c1-16(2)17(3,4)21-18(20-16)14-9-8-10-15(13-14)19-11-6-5-7-12-19/h5-11,13H,12H2,1-4H3. The van der Waals surface area contributed by atoms with Gasteiger partial charge in [-0.15, -0.1) is 0 Å². The Morgan fingerprint density at radius 3 is 2.38 bits per heavy atom. The summed E-state index contributed by atoms with van der Waals surface area (Å²) < 4.78 is 12.2. The molecular weight excluding hydrogens is 261 g/mol. The molecule has 0 saturated carbocycles. The Morgan fingerprint density at radius 2 is 1.76 bits per heavy atom. The predicted octanol–water partition coefficient (Wildman–Crippen LogP) is 2.88. The fourth-order valence-electron chi connectivity index (χ4n) is 2.49. The Morgan fingerprint density at radius 1 is 1.05 bits per heavy atom. The van der Waals surface area contributed by atoms with Crippen LogP contribution in [0.3, 0.4) is 0 Å². The molecule has 0 bridgehead atoms. The van der Waals surface area contributed by atoms with Crippen LogP contribution in [0.1, 0.15) is 27.7 Å². The number of hydrogen-bond acceptors (Lipinski definition) is 3. The van der Waals surface area contributed by atoms with Crippen molar-refractivity contribution in [1.82, 2.24) is 0 Å². The minimum absolute atomic E-state index is 0.304. The van der Waals surface area contributed by atoms with Crippen molar-refractivity contribution in [3.63, 3.8) is 0 Å². The molecule has 0 aliphatic carbocycles. The van der Waals surface area contributed by atoms with Crippen LogP contribution in [-0.4, -0.2) is 24.9 Å². The Labute approximate surface area is 127 Å². The second kappa shape index (κ2) is 5.04. The molecule has 0 aromatic heterocycles. The van der Waals surface area contributed by atoms with Gasteiger partial charge in [0.2, 0.25) is 0 Å². The Hall–Kier alpha value is -1.52. The number of anilines is 1. The van der Waals surface area contributed by atoms with E-state index in [1.54, 1.807) is 0 Å². The topological polar surface area (TPSA) is 21.7 Å². The van der Waals surface area contributed by atoms with Gasteiger partial charge < -0.3 is 14.2 Å². The largest absolute Gasteiger partial charge is 0.494 e. The lowest BCUT2D eigenvalue weighted by molar-refractivity contribution is 0.00578. The molecule has 1 fully saturated rings. The lowest BCUT2D eigenvalue weighted by atomic mass is 9.79. The molecule has 0 atom stereocenters. The maximum Gasteiger partial charge on any atom is 0.494 e. The highest BCUT2D eigenvalue weighted by molar-refractivity contribution is 6.62. The minimum atomic E-state index is -0.306. The van der Waals surface area contributed by atoms with Gasteiger partial charge >= 0.3 is 7.12 Å². The molecule has 1 aromatic rings. The van der Waals surface area contributed by atoms with Crippen LogP contribution in [0.2, 0.25) is 0 Å². The van der Waals surface area contributed by atoms with Crippen LogP contribution in [0, 0.1) is 0 Å². The van der Waals surface area contributed by atoms with E-state index in [2.05, 4.69) is 75.2 Å². The average Bonchev–Trinajstić information content (AvgIpc) is 2.69. The number of hydrogen-bond donors (Lipinski definition) is 0. The van der Waals surface area contributed by atoms with Gasteiger partial charge in [-0.2, -0.15) is 0 Å². The summed E-state index contributed by atoms with van der Waals surface area (Å²) in [6.07, 6.45) is 8.34. The van der Waals surface area contributed by atoms with Crippen molar-refractivity contribution < 1.29 is 9.31 Å². The summed E-state index contributed by atoms with van der Waals surface area (Å²) in [5.41, 5.74) is 1.61. The predicted molar refractivity (Wildman–Crippen MR) is 87.8 cm³/mol. The van der Waals surface area contributed by atoms with Crippen molar-refractivity contribution in [2.75, 3.05) is 11.4 Å². The molecule has 2 heterocycles.